The minimum absolute atomic E-state index is 0.00725. The lowest BCUT2D eigenvalue weighted by Gasteiger charge is -2.45. The van der Waals surface area contributed by atoms with E-state index in [1.165, 1.54) is 33.8 Å². The Morgan fingerprint density at radius 1 is 0.511 bits per heavy atom. The van der Waals surface area contributed by atoms with E-state index in [1.54, 1.807) is 24.3 Å². The molecule has 23 atom stereocenters. The number of phosphoric ester groups is 2. The Balaban J connectivity index is 0.000000294. The van der Waals surface area contributed by atoms with E-state index in [0.717, 1.165) is 11.1 Å². The molecule has 34 heteroatoms. The largest absolute Gasteiger partial charge is 0.756 e. The highest BCUT2D eigenvalue weighted by Gasteiger charge is 2.50. The number of phosphoric acid groups is 2. The maximum Gasteiger partial charge on any atom is 0.378 e. The molecule has 6 rings (SSSR count). The Kier molecular flexibility index (Phi) is 30.4. The van der Waals surface area contributed by atoms with E-state index in [9.17, 15) is 67.7 Å². The molecule has 3 heterocycles. The van der Waals surface area contributed by atoms with Gasteiger partial charge in [0.05, 0.1) is 51.9 Å². The molecule has 0 spiro atoms. The number of carbonyl (C=O) groups is 2. The molecule has 0 bridgehead atoms. The van der Waals surface area contributed by atoms with Gasteiger partial charge in [-0.1, -0.05) is 120 Å². The highest BCUT2D eigenvalue weighted by Crippen LogP contribution is 2.51. The van der Waals surface area contributed by atoms with Crippen LogP contribution in [-0.2, 0) is 101 Å². The molecule has 0 saturated carbocycles. The van der Waals surface area contributed by atoms with Crippen LogP contribution in [0, 0.1) is 35.5 Å². The minimum Gasteiger partial charge on any atom is -0.756 e. The lowest BCUT2D eigenvalue weighted by Crippen LogP contribution is -2.61. The highest BCUT2D eigenvalue weighted by molar-refractivity contribution is 7.53. The number of hydrogen-bond donors (Lipinski definition) is 7. The molecule has 3 aliphatic rings. The number of ether oxygens (including phenoxy) is 5. The zero-order valence-corrected chi connectivity index (χ0v) is 54.9. The van der Waals surface area contributed by atoms with Crippen LogP contribution in [0.4, 0.5) is 0 Å². The number of rotatable bonds is 26. The van der Waals surface area contributed by atoms with Crippen molar-refractivity contribution in [2.75, 3.05) is 39.8 Å². The SMILES string of the molecule is CC(=O)OC1C(O)OC([C@H](C)COP(C)(=O)OCc2ccccc2)[C@@H](C)[C@@H]1C.CC(=O)OC1[C@H](OP(C)(=O)Oc2ccccc2)OC([C@H](C)COP(C)(=O)OCc2ccccc2)[C@@H](C)[C@@H]1C.O=P([O-])(O)OC[C@@H](O)C1O[C@@H](OP(=O)([O-])O)C(O)[C@@H](O)[C@@H]1O. The van der Waals surface area contributed by atoms with Crippen LogP contribution in [0.2, 0.25) is 0 Å². The number of esters is 2. The number of aliphatic hydroxyl groups is 5. The van der Waals surface area contributed by atoms with Crippen molar-refractivity contribution in [3.8, 4) is 5.75 Å². The number of carbonyl (C=O) groups excluding carboxylic acids is 2. The standard InChI is InChI=1S/C27H38O9P2.C20H31O7P.C7H16O13P2/c1-19(17-31-37(5,29)32-18-23-13-9-7-10-14-23)25-20(2)21(3)26(33-22(4)28)27(34-25)36-38(6,30)35-24-15-11-8-12-16-24;1-13(11-24-28(5,23)25-12-17-9-7-6-8-10-17)18-14(2)15(3)19(20(22)27-18)26-16(4)21;8-2(1-18-21(12,13)14)6-4(10)3(9)5(11)7(19-6)20-22(15,16)17/h7-16,19-21,25-27H,17-18H2,1-6H3;6-10,13-15,18-20,22H,11-12H2,1-5H3;2-11H,1H2,(H2,12,13,14)(H2,15,16,17)/p-2/t19-,20+,21+,25?,26?,27+,37?,38?;13-,14+,15+,18?,19?,20?,28?;2-,3+,4+,5?,6?,7+/m111/s1. The molecule has 3 aromatic carbocycles. The minimum atomic E-state index is -5.39. The van der Waals surface area contributed by atoms with Gasteiger partial charge >= 0.3 is 34.7 Å². The summed E-state index contributed by atoms with van der Waals surface area (Å²) in [6.45, 7) is 18.0. The summed E-state index contributed by atoms with van der Waals surface area (Å²) in [6.07, 6.45) is -16.8. The second-order valence-corrected chi connectivity index (χ2v) is 30.2. The van der Waals surface area contributed by atoms with Crippen molar-refractivity contribution in [1.82, 2.24) is 0 Å². The predicted octanol–water partition coefficient (Wildman–Crippen LogP) is 5.24. The van der Waals surface area contributed by atoms with Gasteiger partial charge in [0, 0.05) is 50.8 Å². The van der Waals surface area contributed by atoms with Gasteiger partial charge in [-0.05, 0) is 35.1 Å². The van der Waals surface area contributed by atoms with E-state index in [-0.39, 0.29) is 68.0 Å². The number of aliphatic hydroxyl groups excluding tert-OH is 5. The van der Waals surface area contributed by atoms with Crippen LogP contribution in [0.5, 0.6) is 5.75 Å². The first-order valence-electron chi connectivity index (χ1n) is 27.7. The van der Waals surface area contributed by atoms with Crippen LogP contribution in [0.25, 0.3) is 0 Å². The van der Waals surface area contributed by atoms with Crippen LogP contribution in [-0.4, -0.2) is 161 Å². The summed E-state index contributed by atoms with van der Waals surface area (Å²) in [4.78, 5) is 61.0. The van der Waals surface area contributed by atoms with Crippen molar-refractivity contribution in [1.29, 1.82) is 0 Å². The lowest BCUT2D eigenvalue weighted by atomic mass is 9.79. The smallest absolute Gasteiger partial charge is 0.378 e. The van der Waals surface area contributed by atoms with Crippen molar-refractivity contribution in [3.63, 3.8) is 0 Å². The van der Waals surface area contributed by atoms with E-state index in [4.69, 9.17) is 55.9 Å². The first-order valence-corrected chi connectivity index (χ1v) is 36.7. The zero-order chi connectivity index (χ0) is 66.1. The van der Waals surface area contributed by atoms with E-state index >= 15 is 0 Å². The fraction of sp³-hybridized carbons (Fsp3) is 0.630. The number of para-hydroxylation sites is 1. The van der Waals surface area contributed by atoms with Gasteiger partial charge in [0.25, 0.3) is 15.6 Å². The van der Waals surface area contributed by atoms with Crippen LogP contribution in [0.1, 0.15) is 66.5 Å². The third-order valence-electron chi connectivity index (χ3n) is 14.3. The van der Waals surface area contributed by atoms with Gasteiger partial charge in [0.1, 0.15) is 36.3 Å². The molecule has 3 aromatic rings. The molecule has 3 saturated heterocycles. The van der Waals surface area contributed by atoms with Gasteiger partial charge in [-0.15, -0.1) is 0 Å². The van der Waals surface area contributed by atoms with Crippen LogP contribution >= 0.6 is 38.4 Å². The Morgan fingerprint density at radius 3 is 1.38 bits per heavy atom. The van der Waals surface area contributed by atoms with Crippen LogP contribution in [0.15, 0.2) is 91.0 Å². The molecule has 3 aliphatic heterocycles. The number of benzene rings is 3. The third kappa shape index (κ3) is 26.1. The predicted molar refractivity (Wildman–Crippen MR) is 308 cm³/mol. The van der Waals surface area contributed by atoms with Crippen molar-refractivity contribution < 1.29 is 137 Å². The Morgan fingerprint density at radius 2 is 0.932 bits per heavy atom. The summed E-state index contributed by atoms with van der Waals surface area (Å²) in [5, 5.41) is 48.4. The van der Waals surface area contributed by atoms with E-state index in [2.05, 4.69) is 13.8 Å². The summed E-state index contributed by atoms with van der Waals surface area (Å²) < 4.78 is 129. The Hall–Kier alpha value is -3.21. The van der Waals surface area contributed by atoms with Crippen molar-refractivity contribution in [3.05, 3.63) is 102 Å². The Bertz CT molecular complexity index is 2850. The van der Waals surface area contributed by atoms with Gasteiger partial charge in [-0.25, -0.2) is 4.57 Å². The second-order valence-electron chi connectivity index (χ2n) is 21.8. The maximum atomic E-state index is 13.3. The molecule has 88 heavy (non-hydrogen) atoms. The van der Waals surface area contributed by atoms with Gasteiger partial charge in [0.15, 0.2) is 24.8 Å². The highest BCUT2D eigenvalue weighted by atomic mass is 31.2. The third-order valence-corrected chi connectivity index (χ3v) is 18.8. The van der Waals surface area contributed by atoms with Gasteiger partial charge < -0.3 is 95.9 Å². The van der Waals surface area contributed by atoms with Gasteiger partial charge in [-0.2, -0.15) is 0 Å². The van der Waals surface area contributed by atoms with Crippen molar-refractivity contribution in [2.24, 2.45) is 35.5 Å². The lowest BCUT2D eigenvalue weighted by molar-refractivity contribution is -0.311. The second kappa shape index (κ2) is 34.6. The molecular weight excluding hydrogens is 1270 g/mol. The fourth-order valence-electron chi connectivity index (χ4n) is 9.38. The quantitative estimate of drug-likeness (QED) is 0.0399. The van der Waals surface area contributed by atoms with Crippen LogP contribution < -0.4 is 14.3 Å². The summed E-state index contributed by atoms with van der Waals surface area (Å²) in [6, 6.07) is 27.6. The monoisotopic (exact) mass is 1350 g/mol. The van der Waals surface area contributed by atoms with E-state index in [1.807, 2.05) is 108 Å². The zero-order valence-electron chi connectivity index (χ0n) is 50.4. The van der Waals surface area contributed by atoms with E-state index < -0.39 is 125 Å². The maximum absolute atomic E-state index is 13.3. The molecular formula is C54H83O29P5-2. The van der Waals surface area contributed by atoms with Crippen molar-refractivity contribution >= 4 is 50.4 Å². The Labute approximate surface area is 511 Å². The first-order chi connectivity index (χ1) is 40.8. The normalized spacial score (nSPS) is 31.7. The molecule has 12 unspecified atom stereocenters. The molecule has 7 N–H and O–H groups in total. The summed E-state index contributed by atoms with van der Waals surface area (Å²) in [5.74, 6) is -1.34. The molecule has 0 amide bonds. The topological polar surface area (TPSA) is 427 Å². The molecule has 0 aliphatic carbocycles. The molecule has 500 valence electrons. The van der Waals surface area contributed by atoms with Crippen LogP contribution in [0.3, 0.4) is 0 Å². The molecule has 0 radical (unpaired) electrons. The first kappa shape index (κ1) is 77.2. The fourth-order valence-corrected chi connectivity index (χ4v) is 13.2. The van der Waals surface area contributed by atoms with Gasteiger partial charge in [0.2, 0.25) is 6.29 Å². The summed E-state index contributed by atoms with van der Waals surface area (Å²) in [5.41, 5.74) is 1.81. The average molecular weight is 1350 g/mol. The summed E-state index contributed by atoms with van der Waals surface area (Å²) >= 11 is 0. The van der Waals surface area contributed by atoms with Gasteiger partial charge in [-0.3, -0.25) is 36.9 Å². The van der Waals surface area contributed by atoms with Crippen molar-refractivity contribution in [2.45, 2.75) is 142 Å². The average Bonchev–Trinajstić information content (AvgIpc) is 1.05. The molecule has 29 nitrogen and oxygen atoms in total. The molecule has 3 fully saturated rings. The summed E-state index contributed by atoms with van der Waals surface area (Å²) in [7, 11) is -20.8. The van der Waals surface area contributed by atoms with E-state index in [0.29, 0.717) is 5.75 Å². The number of hydrogen-bond acceptors (Lipinski definition) is 27. The molecule has 0 aromatic heterocycles.